The van der Waals surface area contributed by atoms with E-state index in [0.29, 0.717) is 19.5 Å². The van der Waals surface area contributed by atoms with Gasteiger partial charge < -0.3 is 15.7 Å². The Hall–Kier alpha value is -1.10. The van der Waals surface area contributed by atoms with Crippen molar-refractivity contribution in [2.75, 3.05) is 13.1 Å². The van der Waals surface area contributed by atoms with Gasteiger partial charge in [0.1, 0.15) is 6.04 Å². The van der Waals surface area contributed by atoms with E-state index in [9.17, 15) is 9.59 Å². The van der Waals surface area contributed by atoms with Crippen LogP contribution in [0.15, 0.2) is 0 Å². The number of amides is 1. The van der Waals surface area contributed by atoms with Crippen molar-refractivity contribution >= 4 is 11.9 Å². The maximum absolute atomic E-state index is 11.9. The van der Waals surface area contributed by atoms with Crippen molar-refractivity contribution in [3.63, 3.8) is 0 Å². The number of hydrogen-bond donors (Lipinski definition) is 2. The van der Waals surface area contributed by atoms with Crippen molar-refractivity contribution in [3.8, 4) is 0 Å². The number of carboxylic acids is 1. The average molecular weight is 228 g/mol. The molecule has 3 unspecified atom stereocenters. The van der Waals surface area contributed by atoms with E-state index in [1.807, 2.05) is 13.8 Å². The molecule has 1 amide bonds. The first-order chi connectivity index (χ1) is 7.47. The predicted octanol–water partition coefficient (Wildman–Crippen LogP) is 0.293. The van der Waals surface area contributed by atoms with Crippen LogP contribution in [0.1, 0.15) is 26.7 Å². The Morgan fingerprint density at radius 1 is 1.56 bits per heavy atom. The van der Waals surface area contributed by atoms with E-state index in [0.717, 1.165) is 6.42 Å². The molecule has 1 rings (SSSR count). The van der Waals surface area contributed by atoms with Gasteiger partial charge in [0.15, 0.2) is 0 Å². The van der Waals surface area contributed by atoms with Crippen LogP contribution in [0.3, 0.4) is 0 Å². The van der Waals surface area contributed by atoms with Gasteiger partial charge in [-0.3, -0.25) is 4.79 Å². The van der Waals surface area contributed by atoms with Crippen molar-refractivity contribution in [1.82, 2.24) is 4.90 Å². The SMILES string of the molecule is CC(CN)CC(=O)N1CCC(C)C1C(=O)O. The highest BCUT2D eigenvalue weighted by Gasteiger charge is 2.39. The summed E-state index contributed by atoms with van der Waals surface area (Å²) in [6, 6.07) is -0.655. The minimum atomic E-state index is -0.904. The van der Waals surface area contributed by atoms with Crippen molar-refractivity contribution in [1.29, 1.82) is 0 Å². The lowest BCUT2D eigenvalue weighted by Gasteiger charge is -2.24. The third kappa shape index (κ3) is 2.72. The Morgan fingerprint density at radius 2 is 2.19 bits per heavy atom. The summed E-state index contributed by atoms with van der Waals surface area (Å²) >= 11 is 0. The van der Waals surface area contributed by atoms with Gasteiger partial charge in [0, 0.05) is 13.0 Å². The van der Waals surface area contributed by atoms with Gasteiger partial charge in [0.25, 0.3) is 0 Å². The molecule has 1 aliphatic heterocycles. The molecule has 1 heterocycles. The molecule has 0 radical (unpaired) electrons. The molecule has 1 fully saturated rings. The highest BCUT2D eigenvalue weighted by atomic mass is 16.4. The summed E-state index contributed by atoms with van der Waals surface area (Å²) in [7, 11) is 0. The molecule has 0 aromatic heterocycles. The third-order valence-electron chi connectivity index (χ3n) is 3.20. The lowest BCUT2D eigenvalue weighted by molar-refractivity contribution is -0.149. The highest BCUT2D eigenvalue weighted by molar-refractivity contribution is 5.84. The first-order valence-corrected chi connectivity index (χ1v) is 5.69. The van der Waals surface area contributed by atoms with Gasteiger partial charge in [0.2, 0.25) is 5.91 Å². The molecule has 16 heavy (non-hydrogen) atoms. The van der Waals surface area contributed by atoms with Gasteiger partial charge in [0.05, 0.1) is 0 Å². The van der Waals surface area contributed by atoms with E-state index in [4.69, 9.17) is 10.8 Å². The predicted molar refractivity (Wildman–Crippen MR) is 59.8 cm³/mol. The van der Waals surface area contributed by atoms with Crippen LogP contribution in [-0.4, -0.2) is 41.0 Å². The summed E-state index contributed by atoms with van der Waals surface area (Å²) in [5.74, 6) is -0.846. The lowest BCUT2D eigenvalue weighted by atomic mass is 10.0. The highest BCUT2D eigenvalue weighted by Crippen LogP contribution is 2.25. The van der Waals surface area contributed by atoms with E-state index >= 15 is 0 Å². The van der Waals surface area contributed by atoms with Crippen LogP contribution in [0.4, 0.5) is 0 Å². The van der Waals surface area contributed by atoms with Gasteiger partial charge in [-0.1, -0.05) is 13.8 Å². The first kappa shape index (κ1) is 13.0. The van der Waals surface area contributed by atoms with Gasteiger partial charge in [-0.25, -0.2) is 4.79 Å². The van der Waals surface area contributed by atoms with Crippen LogP contribution < -0.4 is 5.73 Å². The zero-order chi connectivity index (χ0) is 12.3. The average Bonchev–Trinajstić information content (AvgIpc) is 2.59. The number of hydrogen-bond acceptors (Lipinski definition) is 3. The number of rotatable bonds is 4. The van der Waals surface area contributed by atoms with E-state index in [1.165, 1.54) is 4.90 Å². The van der Waals surface area contributed by atoms with Crippen LogP contribution in [0.5, 0.6) is 0 Å². The Bertz CT molecular complexity index is 280. The minimum Gasteiger partial charge on any atom is -0.480 e. The zero-order valence-corrected chi connectivity index (χ0v) is 9.85. The molecule has 0 aliphatic carbocycles. The van der Waals surface area contributed by atoms with Crippen LogP contribution >= 0.6 is 0 Å². The molecule has 3 atom stereocenters. The number of carbonyl (C=O) groups excluding carboxylic acids is 1. The van der Waals surface area contributed by atoms with Crippen LogP contribution in [0, 0.1) is 11.8 Å². The molecule has 5 nitrogen and oxygen atoms in total. The second-order valence-corrected chi connectivity index (χ2v) is 4.68. The molecule has 3 N–H and O–H groups in total. The van der Waals surface area contributed by atoms with E-state index in [1.54, 1.807) is 0 Å². The van der Waals surface area contributed by atoms with E-state index in [-0.39, 0.29) is 17.7 Å². The number of aliphatic carboxylic acids is 1. The molecule has 0 spiro atoms. The van der Waals surface area contributed by atoms with Gasteiger partial charge in [-0.05, 0) is 24.8 Å². The Morgan fingerprint density at radius 3 is 2.69 bits per heavy atom. The number of nitrogens with two attached hydrogens (primary N) is 1. The monoisotopic (exact) mass is 228 g/mol. The van der Waals surface area contributed by atoms with Gasteiger partial charge in [-0.15, -0.1) is 0 Å². The summed E-state index contributed by atoms with van der Waals surface area (Å²) < 4.78 is 0. The van der Waals surface area contributed by atoms with Gasteiger partial charge in [-0.2, -0.15) is 0 Å². The van der Waals surface area contributed by atoms with Crippen molar-refractivity contribution in [2.45, 2.75) is 32.7 Å². The molecule has 0 aromatic carbocycles. The quantitative estimate of drug-likeness (QED) is 0.724. The van der Waals surface area contributed by atoms with Crippen LogP contribution in [0.2, 0.25) is 0 Å². The fourth-order valence-electron chi connectivity index (χ4n) is 2.10. The summed E-state index contributed by atoms with van der Waals surface area (Å²) in [5.41, 5.74) is 5.45. The second kappa shape index (κ2) is 5.30. The lowest BCUT2D eigenvalue weighted by Crippen LogP contribution is -2.43. The summed E-state index contributed by atoms with van der Waals surface area (Å²) in [6.45, 7) is 4.77. The number of carbonyl (C=O) groups is 2. The van der Waals surface area contributed by atoms with E-state index in [2.05, 4.69) is 0 Å². The molecular formula is C11H20N2O3. The molecule has 92 valence electrons. The first-order valence-electron chi connectivity index (χ1n) is 5.69. The molecule has 0 aromatic rings. The molecule has 0 saturated carbocycles. The van der Waals surface area contributed by atoms with Crippen LogP contribution in [-0.2, 0) is 9.59 Å². The zero-order valence-electron chi connectivity index (χ0n) is 9.85. The van der Waals surface area contributed by atoms with Crippen molar-refractivity contribution in [2.24, 2.45) is 17.6 Å². The maximum atomic E-state index is 11.9. The minimum absolute atomic E-state index is 0.0367. The molecule has 0 bridgehead atoms. The number of carboxylic acid groups (broad SMARTS) is 1. The smallest absolute Gasteiger partial charge is 0.326 e. The normalized spacial score (nSPS) is 26.8. The van der Waals surface area contributed by atoms with Crippen molar-refractivity contribution < 1.29 is 14.7 Å². The second-order valence-electron chi connectivity index (χ2n) is 4.68. The number of nitrogens with zero attached hydrogens (tertiary/aromatic N) is 1. The maximum Gasteiger partial charge on any atom is 0.326 e. The molecule has 1 saturated heterocycles. The summed E-state index contributed by atoms with van der Waals surface area (Å²) in [6.07, 6.45) is 1.10. The van der Waals surface area contributed by atoms with Crippen molar-refractivity contribution in [3.05, 3.63) is 0 Å². The Kier molecular flexibility index (Phi) is 4.29. The summed E-state index contributed by atoms with van der Waals surface area (Å²) in [4.78, 5) is 24.4. The fraction of sp³-hybridized carbons (Fsp3) is 0.818. The Labute approximate surface area is 95.6 Å². The summed E-state index contributed by atoms with van der Waals surface area (Å²) in [5, 5.41) is 9.08. The topological polar surface area (TPSA) is 83.6 Å². The molecular weight excluding hydrogens is 208 g/mol. The standard InChI is InChI=1S/C11H20N2O3/c1-7(6-12)5-9(14)13-4-3-8(2)10(13)11(15)16/h7-8,10H,3-6,12H2,1-2H3,(H,15,16). The molecule has 1 aliphatic rings. The largest absolute Gasteiger partial charge is 0.480 e. The van der Waals surface area contributed by atoms with E-state index < -0.39 is 12.0 Å². The molecule has 5 heteroatoms. The van der Waals surface area contributed by atoms with Gasteiger partial charge >= 0.3 is 5.97 Å². The Balaban J connectivity index is 2.65. The fourth-order valence-corrected chi connectivity index (χ4v) is 2.10. The third-order valence-corrected chi connectivity index (χ3v) is 3.20. The number of likely N-dealkylation sites (tertiary alicyclic amines) is 1. The van der Waals surface area contributed by atoms with Crippen LogP contribution in [0.25, 0.3) is 0 Å².